The summed E-state index contributed by atoms with van der Waals surface area (Å²) in [6.07, 6.45) is 1.44. The van der Waals surface area contributed by atoms with Crippen LogP contribution in [0, 0.1) is 0 Å². The number of fused-ring (bicyclic) bond motifs is 1. The summed E-state index contributed by atoms with van der Waals surface area (Å²) in [5, 5.41) is 7.39. The van der Waals surface area contributed by atoms with Crippen molar-refractivity contribution in [3.05, 3.63) is 42.5 Å². The molecule has 1 atom stereocenters. The van der Waals surface area contributed by atoms with Gasteiger partial charge in [0.15, 0.2) is 0 Å². The van der Waals surface area contributed by atoms with Crippen molar-refractivity contribution in [3.63, 3.8) is 0 Å². The Morgan fingerprint density at radius 1 is 1.13 bits per heavy atom. The number of hydrogen-bond acceptors (Lipinski definition) is 3. The average Bonchev–Trinajstić information content (AvgIpc) is 2.53. The zero-order chi connectivity index (χ0) is 15.9. The minimum Gasteiger partial charge on any atom is -0.346 e. The van der Waals surface area contributed by atoms with Gasteiger partial charge in [0.25, 0.3) is 0 Å². The summed E-state index contributed by atoms with van der Waals surface area (Å²) < 4.78 is 0. The first-order valence-electron chi connectivity index (χ1n) is 7.42. The summed E-state index contributed by atoms with van der Waals surface area (Å²) >= 11 is 0. The summed E-state index contributed by atoms with van der Waals surface area (Å²) in [7, 11) is 0. The van der Waals surface area contributed by atoms with E-state index in [1.807, 2.05) is 49.4 Å². The number of nitrogens with two attached hydrogens (primary N) is 1. The Hall–Kier alpha value is -2.11. The van der Waals surface area contributed by atoms with Crippen LogP contribution in [0.4, 0.5) is 5.69 Å². The van der Waals surface area contributed by atoms with Crippen LogP contribution >= 0.6 is 12.4 Å². The number of carbonyl (C=O) groups excluding carboxylic acids is 2. The minimum atomic E-state index is -0.560. The topological polar surface area (TPSA) is 84.2 Å². The molecule has 0 spiro atoms. The van der Waals surface area contributed by atoms with E-state index < -0.39 is 6.04 Å². The normalized spacial score (nSPS) is 11.4. The van der Waals surface area contributed by atoms with Crippen LogP contribution in [0.1, 0.15) is 19.8 Å². The van der Waals surface area contributed by atoms with E-state index in [2.05, 4.69) is 10.6 Å². The number of amides is 2. The Morgan fingerprint density at radius 3 is 2.57 bits per heavy atom. The van der Waals surface area contributed by atoms with Crippen molar-refractivity contribution in [3.8, 4) is 0 Å². The molecular formula is C17H22ClN3O2. The number of anilines is 1. The molecule has 4 N–H and O–H groups in total. The van der Waals surface area contributed by atoms with Crippen molar-refractivity contribution in [2.75, 3.05) is 11.9 Å². The first kappa shape index (κ1) is 18.9. The van der Waals surface area contributed by atoms with Gasteiger partial charge in [-0.25, -0.2) is 0 Å². The molecular weight excluding hydrogens is 314 g/mol. The highest BCUT2D eigenvalue weighted by Gasteiger charge is 2.13. The van der Waals surface area contributed by atoms with Gasteiger partial charge in [-0.3, -0.25) is 9.59 Å². The van der Waals surface area contributed by atoms with Crippen molar-refractivity contribution < 1.29 is 9.59 Å². The van der Waals surface area contributed by atoms with Crippen LogP contribution in [0.15, 0.2) is 42.5 Å². The molecule has 5 nitrogen and oxygen atoms in total. The molecule has 0 fully saturated rings. The van der Waals surface area contributed by atoms with E-state index in [1.165, 1.54) is 0 Å². The molecule has 2 aromatic carbocycles. The Labute approximate surface area is 142 Å². The van der Waals surface area contributed by atoms with Gasteiger partial charge in [0.2, 0.25) is 11.8 Å². The summed E-state index contributed by atoms with van der Waals surface area (Å²) in [6.45, 7) is 1.87. The van der Waals surface area contributed by atoms with Crippen LogP contribution in [0.5, 0.6) is 0 Å². The van der Waals surface area contributed by atoms with E-state index >= 15 is 0 Å². The fourth-order valence-electron chi connectivity index (χ4n) is 2.27. The van der Waals surface area contributed by atoms with E-state index in [-0.39, 0.29) is 30.8 Å². The summed E-state index contributed by atoms with van der Waals surface area (Å²) in [5.74, 6) is -0.566. The lowest BCUT2D eigenvalue weighted by Crippen LogP contribution is -2.43. The largest absolute Gasteiger partial charge is 0.346 e. The molecule has 23 heavy (non-hydrogen) atoms. The third kappa shape index (κ3) is 5.23. The molecule has 0 aromatic heterocycles. The molecule has 0 bridgehead atoms. The molecule has 2 rings (SSSR count). The molecule has 0 heterocycles. The quantitative estimate of drug-likeness (QED) is 0.758. The van der Waals surface area contributed by atoms with Gasteiger partial charge in [-0.05, 0) is 17.9 Å². The van der Waals surface area contributed by atoms with Crippen molar-refractivity contribution in [2.45, 2.75) is 25.8 Å². The minimum absolute atomic E-state index is 0. The van der Waals surface area contributed by atoms with Gasteiger partial charge in [-0.1, -0.05) is 49.7 Å². The van der Waals surface area contributed by atoms with Crippen LogP contribution in [0.3, 0.4) is 0 Å². The Kier molecular flexibility index (Phi) is 7.51. The fraction of sp³-hybridized carbons (Fsp3) is 0.294. The maximum Gasteiger partial charge on any atom is 0.243 e. The zero-order valence-corrected chi connectivity index (χ0v) is 13.9. The second kappa shape index (κ2) is 9.12. The molecule has 124 valence electrons. The second-order valence-electron chi connectivity index (χ2n) is 5.19. The second-order valence-corrected chi connectivity index (χ2v) is 5.19. The van der Waals surface area contributed by atoms with Crippen molar-refractivity contribution >= 4 is 40.7 Å². The number of nitrogens with one attached hydrogen (secondary N) is 2. The molecule has 0 radical (unpaired) electrons. The fourth-order valence-corrected chi connectivity index (χ4v) is 2.27. The van der Waals surface area contributed by atoms with E-state index in [9.17, 15) is 9.59 Å². The van der Waals surface area contributed by atoms with Gasteiger partial charge in [0.1, 0.15) is 0 Å². The van der Waals surface area contributed by atoms with Gasteiger partial charge >= 0.3 is 0 Å². The first-order valence-corrected chi connectivity index (χ1v) is 7.42. The number of carbonyl (C=O) groups is 2. The van der Waals surface area contributed by atoms with Gasteiger partial charge in [-0.2, -0.15) is 0 Å². The van der Waals surface area contributed by atoms with Gasteiger partial charge < -0.3 is 16.4 Å². The molecule has 1 unspecified atom stereocenters. The van der Waals surface area contributed by atoms with Crippen molar-refractivity contribution in [2.24, 2.45) is 5.73 Å². The van der Waals surface area contributed by atoms with Crippen LogP contribution < -0.4 is 16.4 Å². The molecule has 0 aliphatic heterocycles. The highest BCUT2D eigenvalue weighted by atomic mass is 35.5. The number of benzene rings is 2. The highest BCUT2D eigenvalue weighted by Crippen LogP contribution is 2.22. The predicted molar refractivity (Wildman–Crippen MR) is 95.7 cm³/mol. The third-order valence-electron chi connectivity index (χ3n) is 3.42. The Balaban J connectivity index is 0.00000264. The van der Waals surface area contributed by atoms with E-state index in [0.29, 0.717) is 6.42 Å². The molecule has 0 aliphatic rings. The molecule has 6 heteroatoms. The van der Waals surface area contributed by atoms with E-state index in [4.69, 9.17) is 5.73 Å². The van der Waals surface area contributed by atoms with Crippen molar-refractivity contribution in [1.82, 2.24) is 5.32 Å². The maximum atomic E-state index is 12.0. The Morgan fingerprint density at radius 2 is 1.83 bits per heavy atom. The zero-order valence-electron chi connectivity index (χ0n) is 13.0. The van der Waals surface area contributed by atoms with Crippen LogP contribution in [0.25, 0.3) is 10.8 Å². The lowest BCUT2D eigenvalue weighted by atomic mass is 10.1. The van der Waals surface area contributed by atoms with Crippen LogP contribution in [-0.2, 0) is 9.59 Å². The summed E-state index contributed by atoms with van der Waals surface area (Å²) in [5.41, 5.74) is 6.43. The molecule has 2 amide bonds. The van der Waals surface area contributed by atoms with Gasteiger partial charge in [0.05, 0.1) is 12.6 Å². The highest BCUT2D eigenvalue weighted by molar-refractivity contribution is 6.03. The van der Waals surface area contributed by atoms with Crippen LogP contribution in [0.2, 0.25) is 0 Å². The molecule has 0 saturated heterocycles. The number of rotatable bonds is 6. The third-order valence-corrected chi connectivity index (χ3v) is 3.42. The van der Waals surface area contributed by atoms with E-state index in [1.54, 1.807) is 0 Å². The smallest absolute Gasteiger partial charge is 0.243 e. The van der Waals surface area contributed by atoms with Gasteiger partial charge in [0, 0.05) is 11.1 Å². The molecule has 0 aliphatic carbocycles. The average molecular weight is 336 g/mol. The first-order chi connectivity index (χ1) is 10.6. The molecule has 0 saturated carbocycles. The SMILES string of the molecule is CCCC(N)C(=O)NCC(=O)Nc1cccc2ccccc12.Cl. The lowest BCUT2D eigenvalue weighted by molar-refractivity contribution is -0.125. The van der Waals surface area contributed by atoms with Crippen LogP contribution in [-0.4, -0.2) is 24.4 Å². The summed E-state index contributed by atoms with van der Waals surface area (Å²) in [6, 6.07) is 12.9. The standard InChI is InChI=1S/C17H21N3O2.ClH/c1-2-6-14(18)17(22)19-11-16(21)20-15-10-5-8-12-7-3-4-9-13(12)15;/h3-5,7-10,14H,2,6,11,18H2,1H3,(H,19,22)(H,20,21);1H. The lowest BCUT2D eigenvalue weighted by Gasteiger charge is -2.12. The number of hydrogen-bond donors (Lipinski definition) is 3. The monoisotopic (exact) mass is 335 g/mol. The summed E-state index contributed by atoms with van der Waals surface area (Å²) in [4.78, 5) is 23.7. The maximum absolute atomic E-state index is 12.0. The van der Waals surface area contributed by atoms with Gasteiger partial charge in [-0.15, -0.1) is 12.4 Å². The predicted octanol–water partition coefficient (Wildman–Crippen LogP) is 2.44. The number of halogens is 1. The van der Waals surface area contributed by atoms with Crippen molar-refractivity contribution in [1.29, 1.82) is 0 Å². The Bertz CT molecular complexity index is 670. The molecule has 2 aromatic rings. The van der Waals surface area contributed by atoms with E-state index in [0.717, 1.165) is 22.9 Å².